The summed E-state index contributed by atoms with van der Waals surface area (Å²) in [5.41, 5.74) is -0.887. The van der Waals surface area contributed by atoms with E-state index in [2.05, 4.69) is 5.32 Å². The smallest absolute Gasteiger partial charge is 0.326 e. The number of carboxylic acids is 1. The molecule has 1 atom stereocenters. The summed E-state index contributed by atoms with van der Waals surface area (Å²) in [4.78, 5) is 11.4. The molecule has 5 heteroatoms. The summed E-state index contributed by atoms with van der Waals surface area (Å²) in [7, 11) is 1.64. The second-order valence-electron chi connectivity index (χ2n) is 4.48. The third kappa shape index (κ3) is 3.94. The van der Waals surface area contributed by atoms with E-state index < -0.39 is 11.5 Å². The molecule has 1 saturated carbocycles. The van der Waals surface area contributed by atoms with Crippen LogP contribution < -0.4 is 5.32 Å². The zero-order valence-electron chi connectivity index (χ0n) is 10.7. The van der Waals surface area contributed by atoms with Crippen LogP contribution in [0.15, 0.2) is 0 Å². The average molecular weight is 245 g/mol. The number of nitrogens with one attached hydrogen (secondary N) is 1. The van der Waals surface area contributed by atoms with Gasteiger partial charge < -0.3 is 14.6 Å². The van der Waals surface area contributed by atoms with Gasteiger partial charge in [-0.05, 0) is 31.7 Å². The lowest BCUT2D eigenvalue weighted by atomic mass is 9.94. The van der Waals surface area contributed by atoms with Crippen molar-refractivity contribution < 1.29 is 19.4 Å². The highest BCUT2D eigenvalue weighted by molar-refractivity contribution is 5.80. The lowest BCUT2D eigenvalue weighted by Crippen LogP contribution is -2.57. The molecule has 0 heterocycles. The number of aliphatic carboxylic acids is 1. The first-order valence-corrected chi connectivity index (χ1v) is 6.22. The largest absolute Gasteiger partial charge is 0.480 e. The van der Waals surface area contributed by atoms with E-state index in [1.807, 2.05) is 6.92 Å². The van der Waals surface area contributed by atoms with Gasteiger partial charge >= 0.3 is 5.97 Å². The molecule has 0 bridgehead atoms. The van der Waals surface area contributed by atoms with Crippen LogP contribution in [0, 0.1) is 5.92 Å². The second-order valence-corrected chi connectivity index (χ2v) is 4.48. The normalized spacial score (nSPS) is 18.9. The van der Waals surface area contributed by atoms with Crippen molar-refractivity contribution in [3.63, 3.8) is 0 Å². The van der Waals surface area contributed by atoms with Gasteiger partial charge in [-0.1, -0.05) is 6.92 Å². The van der Waals surface area contributed by atoms with E-state index in [0.29, 0.717) is 19.8 Å². The molecule has 1 unspecified atom stereocenters. The summed E-state index contributed by atoms with van der Waals surface area (Å²) in [6.07, 6.45) is 2.74. The molecule has 0 radical (unpaired) electrons. The average Bonchev–Trinajstić information content (AvgIpc) is 3.11. The van der Waals surface area contributed by atoms with Crippen LogP contribution in [0.5, 0.6) is 0 Å². The fourth-order valence-electron chi connectivity index (χ4n) is 2.06. The van der Waals surface area contributed by atoms with Gasteiger partial charge in [-0.25, -0.2) is 0 Å². The van der Waals surface area contributed by atoms with E-state index >= 15 is 0 Å². The lowest BCUT2D eigenvalue weighted by Gasteiger charge is -2.30. The van der Waals surface area contributed by atoms with E-state index in [9.17, 15) is 9.90 Å². The van der Waals surface area contributed by atoms with Crippen LogP contribution in [0.1, 0.15) is 26.2 Å². The molecule has 1 fully saturated rings. The van der Waals surface area contributed by atoms with E-state index in [0.717, 1.165) is 19.3 Å². The monoisotopic (exact) mass is 245 g/mol. The first kappa shape index (κ1) is 14.4. The van der Waals surface area contributed by atoms with Gasteiger partial charge in [-0.3, -0.25) is 10.1 Å². The van der Waals surface area contributed by atoms with Gasteiger partial charge in [-0.15, -0.1) is 0 Å². The molecular formula is C12H23NO4. The SMILES string of the molecule is CCNC(COCCCOC)(C(=O)O)C1CC1. The summed E-state index contributed by atoms with van der Waals surface area (Å²) < 4.78 is 10.4. The molecule has 0 aromatic carbocycles. The number of hydrogen-bond donors (Lipinski definition) is 2. The zero-order valence-corrected chi connectivity index (χ0v) is 10.7. The Labute approximate surface area is 102 Å². The highest BCUT2D eigenvalue weighted by Crippen LogP contribution is 2.40. The van der Waals surface area contributed by atoms with Gasteiger partial charge in [0.1, 0.15) is 5.54 Å². The van der Waals surface area contributed by atoms with Crippen LogP contribution in [-0.4, -0.2) is 50.1 Å². The molecule has 5 nitrogen and oxygen atoms in total. The maximum Gasteiger partial charge on any atom is 0.326 e. The number of hydrogen-bond acceptors (Lipinski definition) is 4. The molecular weight excluding hydrogens is 222 g/mol. The highest BCUT2D eigenvalue weighted by Gasteiger charge is 2.51. The number of rotatable bonds is 10. The van der Waals surface area contributed by atoms with Crippen molar-refractivity contribution in [1.29, 1.82) is 0 Å². The van der Waals surface area contributed by atoms with Crippen molar-refractivity contribution in [1.82, 2.24) is 5.32 Å². The number of ether oxygens (including phenoxy) is 2. The number of carboxylic acid groups (broad SMARTS) is 1. The molecule has 100 valence electrons. The van der Waals surface area contributed by atoms with Crippen molar-refractivity contribution in [3.8, 4) is 0 Å². The molecule has 0 amide bonds. The summed E-state index contributed by atoms with van der Waals surface area (Å²) in [6.45, 7) is 3.99. The van der Waals surface area contributed by atoms with E-state index in [1.165, 1.54) is 0 Å². The Kier molecular flexibility index (Phi) is 5.88. The second kappa shape index (κ2) is 6.93. The van der Waals surface area contributed by atoms with Crippen molar-refractivity contribution in [2.24, 2.45) is 5.92 Å². The fourth-order valence-corrected chi connectivity index (χ4v) is 2.06. The first-order valence-electron chi connectivity index (χ1n) is 6.22. The van der Waals surface area contributed by atoms with Crippen molar-refractivity contribution in [3.05, 3.63) is 0 Å². The van der Waals surface area contributed by atoms with Crippen LogP contribution >= 0.6 is 0 Å². The van der Waals surface area contributed by atoms with Gasteiger partial charge in [0.05, 0.1) is 6.61 Å². The molecule has 0 spiro atoms. The zero-order chi connectivity index (χ0) is 12.7. The van der Waals surface area contributed by atoms with E-state index in [1.54, 1.807) is 7.11 Å². The third-order valence-corrected chi connectivity index (χ3v) is 3.12. The molecule has 0 saturated heterocycles. The van der Waals surface area contributed by atoms with Gasteiger partial charge in [0.15, 0.2) is 0 Å². The van der Waals surface area contributed by atoms with Crippen LogP contribution in [0.2, 0.25) is 0 Å². The Morgan fingerprint density at radius 2 is 2.18 bits per heavy atom. The minimum absolute atomic E-state index is 0.211. The molecule has 0 aliphatic heterocycles. The van der Waals surface area contributed by atoms with Crippen molar-refractivity contribution >= 4 is 5.97 Å². The Bertz CT molecular complexity index is 243. The molecule has 1 aliphatic rings. The Morgan fingerprint density at radius 3 is 2.65 bits per heavy atom. The van der Waals surface area contributed by atoms with E-state index in [4.69, 9.17) is 9.47 Å². The Morgan fingerprint density at radius 1 is 1.47 bits per heavy atom. The summed E-state index contributed by atoms with van der Waals surface area (Å²) >= 11 is 0. The predicted molar refractivity (Wildman–Crippen MR) is 64.1 cm³/mol. The summed E-state index contributed by atoms with van der Waals surface area (Å²) in [5, 5.41) is 12.5. The maximum atomic E-state index is 11.4. The molecule has 17 heavy (non-hydrogen) atoms. The Hall–Kier alpha value is -0.650. The molecule has 0 aromatic heterocycles. The van der Waals surface area contributed by atoms with Gasteiger partial charge in [-0.2, -0.15) is 0 Å². The summed E-state index contributed by atoms with van der Waals surface area (Å²) in [6, 6.07) is 0. The molecule has 2 N–H and O–H groups in total. The fraction of sp³-hybridized carbons (Fsp3) is 0.917. The molecule has 1 aliphatic carbocycles. The van der Waals surface area contributed by atoms with Crippen LogP contribution in [0.25, 0.3) is 0 Å². The van der Waals surface area contributed by atoms with Crippen molar-refractivity contribution in [2.45, 2.75) is 31.7 Å². The van der Waals surface area contributed by atoms with Crippen LogP contribution in [0.4, 0.5) is 0 Å². The van der Waals surface area contributed by atoms with Crippen LogP contribution in [-0.2, 0) is 14.3 Å². The number of methoxy groups -OCH3 is 1. The third-order valence-electron chi connectivity index (χ3n) is 3.12. The minimum atomic E-state index is -0.887. The quantitative estimate of drug-likeness (QED) is 0.559. The Balaban J connectivity index is 2.42. The van der Waals surface area contributed by atoms with Gasteiger partial charge in [0, 0.05) is 20.3 Å². The maximum absolute atomic E-state index is 11.4. The number of likely N-dealkylation sites (N-methyl/N-ethyl adjacent to an activating group) is 1. The number of carbonyl (C=O) groups is 1. The molecule has 1 rings (SSSR count). The van der Waals surface area contributed by atoms with Gasteiger partial charge in [0.25, 0.3) is 0 Å². The minimum Gasteiger partial charge on any atom is -0.480 e. The van der Waals surface area contributed by atoms with Crippen LogP contribution in [0.3, 0.4) is 0 Å². The lowest BCUT2D eigenvalue weighted by molar-refractivity contribution is -0.149. The highest BCUT2D eigenvalue weighted by atomic mass is 16.5. The summed E-state index contributed by atoms with van der Waals surface area (Å²) in [5.74, 6) is -0.587. The predicted octanol–water partition coefficient (Wildman–Crippen LogP) is 0.882. The van der Waals surface area contributed by atoms with E-state index in [-0.39, 0.29) is 12.5 Å². The van der Waals surface area contributed by atoms with Gasteiger partial charge in [0.2, 0.25) is 0 Å². The topological polar surface area (TPSA) is 67.8 Å². The first-order chi connectivity index (χ1) is 8.17. The van der Waals surface area contributed by atoms with Crippen molar-refractivity contribution in [2.75, 3.05) is 33.5 Å². The molecule has 0 aromatic rings. The standard InChI is InChI=1S/C12H23NO4/c1-3-13-12(11(14)15,10-5-6-10)9-17-8-4-7-16-2/h10,13H,3-9H2,1-2H3,(H,14,15).